The van der Waals surface area contributed by atoms with Crippen molar-refractivity contribution in [1.82, 2.24) is 10.3 Å². The fourth-order valence-electron chi connectivity index (χ4n) is 1.24. The molecule has 0 saturated heterocycles. The number of hydrogen-bond donors (Lipinski definition) is 2. The van der Waals surface area contributed by atoms with Crippen LogP contribution in [-0.4, -0.2) is 24.5 Å². The molecule has 5 heteroatoms. The van der Waals surface area contributed by atoms with Gasteiger partial charge in [-0.15, -0.1) is 0 Å². The standard InChI is InChI=1S/C11H16BrN3O/c1-8-6-10(14-7-9(8)12)15-11(16)4-3-5-13-2/h6-7,13H,3-5H2,1-2H3,(H,14,15,16). The fraction of sp³-hybridized carbons (Fsp3) is 0.455. The highest BCUT2D eigenvalue weighted by molar-refractivity contribution is 9.10. The fourth-order valence-corrected chi connectivity index (χ4v) is 1.46. The van der Waals surface area contributed by atoms with E-state index in [2.05, 4.69) is 31.5 Å². The first kappa shape index (κ1) is 13.1. The number of amides is 1. The van der Waals surface area contributed by atoms with Crippen LogP contribution in [0.1, 0.15) is 18.4 Å². The van der Waals surface area contributed by atoms with Crippen molar-refractivity contribution in [2.75, 3.05) is 18.9 Å². The monoisotopic (exact) mass is 285 g/mol. The van der Waals surface area contributed by atoms with Gasteiger partial charge in [0.25, 0.3) is 0 Å². The molecule has 0 unspecified atom stereocenters. The molecule has 4 nitrogen and oxygen atoms in total. The second kappa shape index (κ2) is 6.60. The average molecular weight is 286 g/mol. The molecule has 0 atom stereocenters. The summed E-state index contributed by atoms with van der Waals surface area (Å²) in [6, 6.07) is 1.85. The van der Waals surface area contributed by atoms with E-state index in [-0.39, 0.29) is 5.91 Å². The Morgan fingerprint density at radius 1 is 1.56 bits per heavy atom. The average Bonchev–Trinajstić information content (AvgIpc) is 2.24. The van der Waals surface area contributed by atoms with Crippen molar-refractivity contribution in [2.24, 2.45) is 0 Å². The first-order valence-electron chi connectivity index (χ1n) is 5.20. The molecule has 0 radical (unpaired) electrons. The van der Waals surface area contributed by atoms with Crippen LogP contribution in [0.15, 0.2) is 16.7 Å². The summed E-state index contributed by atoms with van der Waals surface area (Å²) in [5, 5.41) is 5.77. The maximum absolute atomic E-state index is 11.5. The lowest BCUT2D eigenvalue weighted by molar-refractivity contribution is -0.116. The molecule has 0 aliphatic heterocycles. The molecular formula is C11H16BrN3O. The molecule has 1 rings (SSSR count). The number of halogens is 1. The van der Waals surface area contributed by atoms with Gasteiger partial charge in [0.15, 0.2) is 0 Å². The quantitative estimate of drug-likeness (QED) is 0.815. The predicted octanol–water partition coefficient (Wildman–Crippen LogP) is 2.09. The molecule has 0 aliphatic rings. The molecule has 2 N–H and O–H groups in total. The Kier molecular flexibility index (Phi) is 5.42. The molecule has 1 aromatic heterocycles. The lowest BCUT2D eigenvalue weighted by atomic mass is 10.2. The number of anilines is 1. The normalized spacial score (nSPS) is 10.2. The van der Waals surface area contributed by atoms with Crippen LogP contribution in [-0.2, 0) is 4.79 Å². The molecule has 0 saturated carbocycles. The lowest BCUT2D eigenvalue weighted by Crippen LogP contribution is -2.15. The summed E-state index contributed by atoms with van der Waals surface area (Å²) in [5.74, 6) is 0.611. The zero-order valence-corrected chi connectivity index (χ0v) is 11.1. The van der Waals surface area contributed by atoms with Crippen LogP contribution in [0.4, 0.5) is 5.82 Å². The molecule has 88 valence electrons. The molecule has 0 bridgehead atoms. The minimum absolute atomic E-state index is 0.00414. The van der Waals surface area contributed by atoms with Gasteiger partial charge in [-0.3, -0.25) is 4.79 Å². The van der Waals surface area contributed by atoms with Crippen LogP contribution >= 0.6 is 15.9 Å². The number of carbonyl (C=O) groups is 1. The highest BCUT2D eigenvalue weighted by atomic mass is 79.9. The Hall–Kier alpha value is -0.940. The van der Waals surface area contributed by atoms with Crippen molar-refractivity contribution >= 4 is 27.7 Å². The zero-order valence-electron chi connectivity index (χ0n) is 9.51. The van der Waals surface area contributed by atoms with E-state index in [0.717, 1.165) is 23.0 Å². The Bertz CT molecular complexity index is 368. The highest BCUT2D eigenvalue weighted by Crippen LogP contribution is 2.17. The van der Waals surface area contributed by atoms with Gasteiger partial charge in [-0.1, -0.05) is 0 Å². The van der Waals surface area contributed by atoms with Gasteiger partial charge in [0, 0.05) is 17.1 Å². The van der Waals surface area contributed by atoms with Gasteiger partial charge < -0.3 is 10.6 Å². The number of aryl methyl sites for hydroxylation is 1. The molecule has 16 heavy (non-hydrogen) atoms. The Morgan fingerprint density at radius 3 is 2.94 bits per heavy atom. The van der Waals surface area contributed by atoms with Crippen LogP contribution < -0.4 is 10.6 Å². The summed E-state index contributed by atoms with van der Waals surface area (Å²) in [4.78, 5) is 15.6. The van der Waals surface area contributed by atoms with Gasteiger partial charge in [0.05, 0.1) is 0 Å². The van der Waals surface area contributed by atoms with Crippen LogP contribution in [0.25, 0.3) is 0 Å². The topological polar surface area (TPSA) is 54.0 Å². The summed E-state index contributed by atoms with van der Waals surface area (Å²) in [5.41, 5.74) is 1.06. The van der Waals surface area contributed by atoms with Gasteiger partial charge in [0.1, 0.15) is 5.82 Å². The Balaban J connectivity index is 2.46. The lowest BCUT2D eigenvalue weighted by Gasteiger charge is -2.05. The van der Waals surface area contributed by atoms with E-state index in [1.807, 2.05) is 20.0 Å². The van der Waals surface area contributed by atoms with E-state index in [9.17, 15) is 4.79 Å². The van der Waals surface area contributed by atoms with Crippen molar-refractivity contribution in [3.05, 3.63) is 22.3 Å². The largest absolute Gasteiger partial charge is 0.320 e. The predicted molar refractivity (Wildman–Crippen MR) is 68.5 cm³/mol. The number of hydrogen-bond acceptors (Lipinski definition) is 3. The maximum atomic E-state index is 11.5. The van der Waals surface area contributed by atoms with Crippen molar-refractivity contribution < 1.29 is 4.79 Å². The van der Waals surface area contributed by atoms with E-state index in [1.165, 1.54) is 0 Å². The summed E-state index contributed by atoms with van der Waals surface area (Å²) in [6.45, 7) is 2.81. The van der Waals surface area contributed by atoms with Gasteiger partial charge in [-0.25, -0.2) is 4.98 Å². The second-order valence-electron chi connectivity index (χ2n) is 3.57. The number of aromatic nitrogens is 1. The molecule has 1 aromatic rings. The van der Waals surface area contributed by atoms with Gasteiger partial charge in [-0.2, -0.15) is 0 Å². The van der Waals surface area contributed by atoms with Crippen LogP contribution in [0, 0.1) is 6.92 Å². The molecule has 0 aliphatic carbocycles. The van der Waals surface area contributed by atoms with Crippen molar-refractivity contribution in [1.29, 1.82) is 0 Å². The smallest absolute Gasteiger partial charge is 0.225 e. The van der Waals surface area contributed by atoms with Crippen molar-refractivity contribution in [2.45, 2.75) is 19.8 Å². The number of rotatable bonds is 5. The van der Waals surface area contributed by atoms with E-state index in [1.54, 1.807) is 6.20 Å². The highest BCUT2D eigenvalue weighted by Gasteiger charge is 2.04. The molecule has 0 aromatic carbocycles. The van der Waals surface area contributed by atoms with E-state index < -0.39 is 0 Å². The van der Waals surface area contributed by atoms with Gasteiger partial charge in [0.2, 0.25) is 5.91 Å². The first-order chi connectivity index (χ1) is 7.63. The van der Waals surface area contributed by atoms with Gasteiger partial charge in [-0.05, 0) is 54.5 Å². The van der Waals surface area contributed by atoms with E-state index in [0.29, 0.717) is 12.2 Å². The Morgan fingerprint density at radius 2 is 2.31 bits per heavy atom. The third kappa shape index (κ3) is 4.28. The molecular weight excluding hydrogens is 270 g/mol. The van der Waals surface area contributed by atoms with E-state index >= 15 is 0 Å². The minimum atomic E-state index is 0.00414. The van der Waals surface area contributed by atoms with Crippen LogP contribution in [0.3, 0.4) is 0 Å². The third-order valence-electron chi connectivity index (χ3n) is 2.15. The van der Waals surface area contributed by atoms with E-state index in [4.69, 9.17) is 0 Å². The second-order valence-corrected chi connectivity index (χ2v) is 4.43. The third-order valence-corrected chi connectivity index (χ3v) is 2.98. The summed E-state index contributed by atoms with van der Waals surface area (Å²) < 4.78 is 0.945. The van der Waals surface area contributed by atoms with Crippen LogP contribution in [0.5, 0.6) is 0 Å². The van der Waals surface area contributed by atoms with Crippen LogP contribution in [0.2, 0.25) is 0 Å². The summed E-state index contributed by atoms with van der Waals surface area (Å²) in [7, 11) is 1.87. The Labute approximate surface area is 104 Å². The summed E-state index contributed by atoms with van der Waals surface area (Å²) >= 11 is 3.36. The number of carbonyl (C=O) groups excluding carboxylic acids is 1. The minimum Gasteiger partial charge on any atom is -0.320 e. The van der Waals surface area contributed by atoms with Gasteiger partial charge >= 0.3 is 0 Å². The van der Waals surface area contributed by atoms with Crippen molar-refractivity contribution in [3.63, 3.8) is 0 Å². The van der Waals surface area contributed by atoms with Crippen molar-refractivity contribution in [3.8, 4) is 0 Å². The SMILES string of the molecule is CNCCCC(=O)Nc1cc(C)c(Br)cn1. The maximum Gasteiger partial charge on any atom is 0.225 e. The molecule has 1 heterocycles. The zero-order chi connectivity index (χ0) is 12.0. The molecule has 0 spiro atoms. The molecule has 0 fully saturated rings. The first-order valence-corrected chi connectivity index (χ1v) is 5.99. The summed E-state index contributed by atoms with van der Waals surface area (Å²) in [6.07, 6.45) is 3.04. The number of nitrogens with zero attached hydrogens (tertiary/aromatic N) is 1. The molecule has 1 amide bonds. The number of nitrogens with one attached hydrogen (secondary N) is 2. The number of pyridine rings is 1.